The molecule has 3 aliphatic rings. The van der Waals surface area contributed by atoms with E-state index in [1.54, 1.807) is 6.20 Å². The van der Waals surface area contributed by atoms with Gasteiger partial charge in [0.2, 0.25) is 11.8 Å². The number of nitrogens with zero attached hydrogens (tertiary/aromatic N) is 5. The van der Waals surface area contributed by atoms with E-state index < -0.39 is 0 Å². The zero-order valence-electron chi connectivity index (χ0n) is 16.3. The lowest BCUT2D eigenvalue weighted by Gasteiger charge is -2.36. The predicted molar refractivity (Wildman–Crippen MR) is 105 cm³/mol. The fourth-order valence-corrected chi connectivity index (χ4v) is 4.20. The molecular weight excluding hydrogens is 358 g/mol. The third-order valence-corrected chi connectivity index (χ3v) is 5.92. The number of carbonyl (C=O) groups is 2. The summed E-state index contributed by atoms with van der Waals surface area (Å²) in [5.41, 5.74) is 0. The first kappa shape index (κ1) is 19.1. The van der Waals surface area contributed by atoms with E-state index in [0.29, 0.717) is 32.6 Å². The average Bonchev–Trinajstić information content (AvgIpc) is 3.14. The maximum Gasteiger partial charge on any atom is 0.228 e. The van der Waals surface area contributed by atoms with Gasteiger partial charge in [-0.2, -0.15) is 0 Å². The quantitative estimate of drug-likeness (QED) is 0.704. The topological polar surface area (TPSA) is 69.2 Å². The molecule has 0 spiro atoms. The van der Waals surface area contributed by atoms with Gasteiger partial charge in [-0.25, -0.2) is 4.98 Å². The smallest absolute Gasteiger partial charge is 0.228 e. The number of hydrogen-bond donors (Lipinski definition) is 0. The fraction of sp³-hybridized carbons (Fsp3) is 0.650. The van der Waals surface area contributed by atoms with Crippen LogP contribution in [0.3, 0.4) is 0 Å². The van der Waals surface area contributed by atoms with Gasteiger partial charge < -0.3 is 19.4 Å². The Bertz CT molecular complexity index is 672. The summed E-state index contributed by atoms with van der Waals surface area (Å²) in [6.45, 7) is 8.43. The van der Waals surface area contributed by atoms with Gasteiger partial charge in [-0.3, -0.25) is 14.5 Å². The lowest BCUT2D eigenvalue weighted by atomic mass is 10.1. The van der Waals surface area contributed by atoms with Gasteiger partial charge in [0, 0.05) is 71.5 Å². The lowest BCUT2D eigenvalue weighted by molar-refractivity contribution is -0.136. The number of likely N-dealkylation sites (tertiary alicyclic amines) is 1. The van der Waals surface area contributed by atoms with Gasteiger partial charge in [0.15, 0.2) is 0 Å². The molecule has 3 saturated heterocycles. The van der Waals surface area contributed by atoms with Crippen LogP contribution in [0, 0.1) is 5.92 Å². The van der Waals surface area contributed by atoms with Crippen LogP contribution in [-0.2, 0) is 14.3 Å². The number of aromatic nitrogens is 1. The molecule has 0 saturated carbocycles. The van der Waals surface area contributed by atoms with E-state index >= 15 is 0 Å². The standard InChI is InChI=1S/C20H29N5O3/c26-19-15-17(16-25(19)6-5-22-11-13-28-14-12-22)20(27)24-9-7-23(8-10-24)18-3-1-2-4-21-18/h1-4,17H,5-16H2. The lowest BCUT2D eigenvalue weighted by Crippen LogP contribution is -2.51. The highest BCUT2D eigenvalue weighted by Gasteiger charge is 2.37. The Morgan fingerprint density at radius 3 is 2.57 bits per heavy atom. The van der Waals surface area contributed by atoms with Gasteiger partial charge in [0.1, 0.15) is 5.82 Å². The number of anilines is 1. The summed E-state index contributed by atoms with van der Waals surface area (Å²) in [6.07, 6.45) is 2.14. The van der Waals surface area contributed by atoms with Gasteiger partial charge in [-0.1, -0.05) is 6.07 Å². The van der Waals surface area contributed by atoms with Crippen molar-refractivity contribution in [1.29, 1.82) is 0 Å². The van der Waals surface area contributed by atoms with Crippen LogP contribution in [-0.4, -0.2) is 104 Å². The van der Waals surface area contributed by atoms with E-state index in [-0.39, 0.29) is 17.7 Å². The van der Waals surface area contributed by atoms with E-state index in [1.807, 2.05) is 28.0 Å². The number of amides is 2. The summed E-state index contributed by atoms with van der Waals surface area (Å²) in [5.74, 6) is 1.00. The van der Waals surface area contributed by atoms with Gasteiger partial charge in [0.25, 0.3) is 0 Å². The Kier molecular flexibility index (Phi) is 6.07. The van der Waals surface area contributed by atoms with E-state index in [0.717, 1.165) is 51.8 Å². The molecule has 1 atom stereocenters. The van der Waals surface area contributed by atoms with Crippen molar-refractivity contribution in [3.63, 3.8) is 0 Å². The molecule has 3 fully saturated rings. The number of ether oxygens (including phenoxy) is 1. The highest BCUT2D eigenvalue weighted by Crippen LogP contribution is 2.22. The van der Waals surface area contributed by atoms with E-state index in [1.165, 1.54) is 0 Å². The van der Waals surface area contributed by atoms with Gasteiger partial charge in [-0.15, -0.1) is 0 Å². The number of hydrogen-bond acceptors (Lipinski definition) is 6. The first-order chi connectivity index (χ1) is 13.7. The van der Waals surface area contributed by atoms with E-state index in [9.17, 15) is 9.59 Å². The van der Waals surface area contributed by atoms with Gasteiger partial charge >= 0.3 is 0 Å². The molecule has 1 aromatic rings. The number of piperazine rings is 1. The van der Waals surface area contributed by atoms with Gasteiger partial charge in [0.05, 0.1) is 19.1 Å². The van der Waals surface area contributed by atoms with Crippen molar-refractivity contribution in [3.05, 3.63) is 24.4 Å². The minimum absolute atomic E-state index is 0.110. The van der Waals surface area contributed by atoms with E-state index in [4.69, 9.17) is 4.74 Å². The molecule has 1 aromatic heterocycles. The monoisotopic (exact) mass is 387 g/mol. The van der Waals surface area contributed by atoms with Crippen molar-refractivity contribution >= 4 is 17.6 Å². The molecule has 0 radical (unpaired) electrons. The summed E-state index contributed by atoms with van der Waals surface area (Å²) in [5, 5.41) is 0. The zero-order chi connectivity index (χ0) is 19.3. The summed E-state index contributed by atoms with van der Waals surface area (Å²) >= 11 is 0. The third kappa shape index (κ3) is 4.44. The molecule has 0 aromatic carbocycles. The van der Waals surface area contributed by atoms with Crippen molar-refractivity contribution in [3.8, 4) is 0 Å². The number of morpholine rings is 1. The molecule has 28 heavy (non-hydrogen) atoms. The van der Waals surface area contributed by atoms with Crippen LogP contribution in [0.4, 0.5) is 5.82 Å². The number of pyridine rings is 1. The minimum Gasteiger partial charge on any atom is -0.379 e. The highest BCUT2D eigenvalue weighted by molar-refractivity contribution is 5.89. The van der Waals surface area contributed by atoms with E-state index in [2.05, 4.69) is 14.8 Å². The molecule has 152 valence electrons. The van der Waals surface area contributed by atoms with Crippen LogP contribution in [0.25, 0.3) is 0 Å². The number of carbonyl (C=O) groups excluding carboxylic acids is 2. The Morgan fingerprint density at radius 1 is 1.07 bits per heavy atom. The highest BCUT2D eigenvalue weighted by atomic mass is 16.5. The van der Waals surface area contributed by atoms with Crippen LogP contribution < -0.4 is 4.90 Å². The summed E-state index contributed by atoms with van der Waals surface area (Å²) in [7, 11) is 0. The average molecular weight is 387 g/mol. The molecular formula is C20H29N5O3. The largest absolute Gasteiger partial charge is 0.379 e. The molecule has 3 aliphatic heterocycles. The van der Waals surface area contributed by atoms with Gasteiger partial charge in [-0.05, 0) is 12.1 Å². The Balaban J connectivity index is 1.24. The molecule has 0 N–H and O–H groups in total. The molecule has 8 heteroatoms. The van der Waals surface area contributed by atoms with Crippen molar-refractivity contribution in [2.75, 3.05) is 77.0 Å². The minimum atomic E-state index is -0.196. The van der Waals surface area contributed by atoms with Crippen molar-refractivity contribution in [1.82, 2.24) is 19.7 Å². The van der Waals surface area contributed by atoms with Crippen molar-refractivity contribution in [2.45, 2.75) is 6.42 Å². The Labute approximate surface area is 166 Å². The first-order valence-corrected chi connectivity index (χ1v) is 10.2. The predicted octanol–water partition coefficient (Wildman–Crippen LogP) is -0.0891. The maximum absolute atomic E-state index is 12.9. The van der Waals surface area contributed by atoms with Crippen LogP contribution in [0.2, 0.25) is 0 Å². The molecule has 2 amide bonds. The Hall–Kier alpha value is -2.19. The molecule has 0 aliphatic carbocycles. The molecule has 1 unspecified atom stereocenters. The Morgan fingerprint density at radius 2 is 1.86 bits per heavy atom. The molecule has 0 bridgehead atoms. The SMILES string of the molecule is O=C1CC(C(=O)N2CCN(c3ccccn3)CC2)CN1CCN1CCOCC1. The molecule has 4 heterocycles. The second kappa shape index (κ2) is 8.87. The zero-order valence-corrected chi connectivity index (χ0v) is 16.3. The maximum atomic E-state index is 12.9. The molecule has 8 nitrogen and oxygen atoms in total. The van der Waals surface area contributed by atoms with Crippen LogP contribution in [0.5, 0.6) is 0 Å². The van der Waals surface area contributed by atoms with Crippen LogP contribution in [0.15, 0.2) is 24.4 Å². The van der Waals surface area contributed by atoms with Crippen LogP contribution in [0.1, 0.15) is 6.42 Å². The summed E-state index contributed by atoms with van der Waals surface area (Å²) in [4.78, 5) is 38.0. The van der Waals surface area contributed by atoms with Crippen LogP contribution >= 0.6 is 0 Å². The van der Waals surface area contributed by atoms with Crippen molar-refractivity contribution in [2.24, 2.45) is 5.92 Å². The third-order valence-electron chi connectivity index (χ3n) is 5.92. The summed E-state index contributed by atoms with van der Waals surface area (Å²) in [6, 6.07) is 5.89. The second-order valence-corrected chi connectivity index (χ2v) is 7.70. The first-order valence-electron chi connectivity index (χ1n) is 10.2. The second-order valence-electron chi connectivity index (χ2n) is 7.70. The fourth-order valence-electron chi connectivity index (χ4n) is 4.20. The number of rotatable bonds is 5. The normalized spacial score (nSPS) is 24.1. The molecule has 4 rings (SSSR count). The van der Waals surface area contributed by atoms with Crippen molar-refractivity contribution < 1.29 is 14.3 Å². The summed E-state index contributed by atoms with van der Waals surface area (Å²) < 4.78 is 5.36.